The van der Waals surface area contributed by atoms with Crippen LogP contribution in [0.5, 0.6) is 17.2 Å². The number of benzene rings is 3. The molecule has 51 heavy (non-hydrogen) atoms. The molecule has 9 nitrogen and oxygen atoms in total. The molecule has 0 heterocycles. The molecule has 9 heteroatoms. The molecule has 3 aromatic rings. The average molecular weight is 703 g/mol. The van der Waals surface area contributed by atoms with Crippen molar-refractivity contribution in [1.29, 1.82) is 0 Å². The maximum atomic E-state index is 12.7. The van der Waals surface area contributed by atoms with Crippen molar-refractivity contribution in [1.82, 2.24) is 0 Å². The van der Waals surface area contributed by atoms with Gasteiger partial charge in [0, 0.05) is 0 Å². The van der Waals surface area contributed by atoms with E-state index in [1.54, 1.807) is 24.3 Å². The molecule has 0 spiro atoms. The van der Waals surface area contributed by atoms with Gasteiger partial charge in [0.25, 0.3) is 0 Å². The number of rotatable bonds is 24. The smallest absolute Gasteiger partial charge is 0.347 e. The summed E-state index contributed by atoms with van der Waals surface area (Å²) in [6, 6.07) is 18.6. The first-order valence-electron chi connectivity index (χ1n) is 18.6. The maximum absolute atomic E-state index is 12.7. The molecule has 0 N–H and O–H groups in total. The first-order valence-corrected chi connectivity index (χ1v) is 18.6. The van der Waals surface area contributed by atoms with E-state index in [0.717, 1.165) is 38.5 Å². The first-order chi connectivity index (χ1) is 24.8. The van der Waals surface area contributed by atoms with Gasteiger partial charge < -0.3 is 23.7 Å². The molecule has 0 aliphatic carbocycles. The third-order valence-corrected chi connectivity index (χ3v) is 8.32. The van der Waals surface area contributed by atoms with Crippen LogP contribution in [0, 0.1) is 0 Å². The summed E-state index contributed by atoms with van der Waals surface area (Å²) in [7, 11) is 0. The van der Waals surface area contributed by atoms with Gasteiger partial charge in [0.2, 0.25) is 0 Å². The molecule has 0 aromatic heterocycles. The number of hydrogen-bond acceptors (Lipinski definition) is 9. The molecule has 0 radical (unpaired) electrons. The van der Waals surface area contributed by atoms with Crippen molar-refractivity contribution in [3.05, 3.63) is 89.5 Å². The van der Waals surface area contributed by atoms with Crippen molar-refractivity contribution >= 4 is 23.9 Å². The molecular weight excluding hydrogens is 648 g/mol. The van der Waals surface area contributed by atoms with Crippen LogP contribution in [0.4, 0.5) is 0 Å². The van der Waals surface area contributed by atoms with E-state index in [-0.39, 0.29) is 22.6 Å². The van der Waals surface area contributed by atoms with Crippen LogP contribution in [0.25, 0.3) is 0 Å². The zero-order valence-corrected chi connectivity index (χ0v) is 30.5. The van der Waals surface area contributed by atoms with Gasteiger partial charge in [-0.25, -0.2) is 19.2 Å². The molecule has 0 saturated heterocycles. The minimum Gasteiger partial charge on any atom is -0.494 e. The number of carbonyl (C=O) groups excluding carboxylic acids is 4. The summed E-state index contributed by atoms with van der Waals surface area (Å²) in [6.07, 6.45) is 15.5. The molecular formula is C42H54O9. The lowest BCUT2D eigenvalue weighted by molar-refractivity contribution is -0.153. The van der Waals surface area contributed by atoms with Crippen molar-refractivity contribution in [2.24, 2.45) is 0 Å². The molecule has 3 aromatic carbocycles. The largest absolute Gasteiger partial charge is 0.494 e. The minimum absolute atomic E-state index is 0.190. The molecule has 1 atom stereocenters. The quantitative estimate of drug-likeness (QED) is 0.0511. The van der Waals surface area contributed by atoms with Gasteiger partial charge in [0.05, 0.1) is 29.9 Å². The molecule has 0 bridgehead atoms. The fourth-order valence-corrected chi connectivity index (χ4v) is 5.21. The summed E-state index contributed by atoms with van der Waals surface area (Å²) in [5, 5.41) is 0. The van der Waals surface area contributed by atoms with Crippen LogP contribution in [0.3, 0.4) is 0 Å². The Morgan fingerprint density at radius 3 is 1.31 bits per heavy atom. The second kappa shape index (κ2) is 23.7. The highest BCUT2D eigenvalue weighted by Gasteiger charge is 2.20. The van der Waals surface area contributed by atoms with E-state index in [2.05, 4.69) is 13.8 Å². The van der Waals surface area contributed by atoms with Crippen LogP contribution in [0.15, 0.2) is 72.8 Å². The van der Waals surface area contributed by atoms with E-state index in [9.17, 15) is 19.2 Å². The van der Waals surface area contributed by atoms with Gasteiger partial charge in [0.1, 0.15) is 17.2 Å². The van der Waals surface area contributed by atoms with Gasteiger partial charge in [-0.05, 0) is 92.6 Å². The molecule has 0 amide bonds. The highest BCUT2D eigenvalue weighted by molar-refractivity contribution is 5.93. The second-order valence-corrected chi connectivity index (χ2v) is 12.7. The normalized spacial score (nSPS) is 11.4. The molecule has 276 valence electrons. The lowest BCUT2D eigenvalue weighted by Crippen LogP contribution is -2.26. The van der Waals surface area contributed by atoms with Crippen LogP contribution >= 0.6 is 0 Å². The van der Waals surface area contributed by atoms with Crippen molar-refractivity contribution in [2.45, 2.75) is 117 Å². The van der Waals surface area contributed by atoms with E-state index in [1.807, 2.05) is 0 Å². The summed E-state index contributed by atoms with van der Waals surface area (Å²) in [5.41, 5.74) is 0.809. The van der Waals surface area contributed by atoms with Crippen LogP contribution in [-0.4, -0.2) is 43.2 Å². The predicted molar refractivity (Wildman–Crippen MR) is 197 cm³/mol. The fraction of sp³-hybridized carbons (Fsp3) is 0.476. The van der Waals surface area contributed by atoms with E-state index in [4.69, 9.17) is 23.7 Å². The minimum atomic E-state index is -1.05. The zero-order chi connectivity index (χ0) is 36.7. The van der Waals surface area contributed by atoms with Crippen LogP contribution < -0.4 is 14.2 Å². The van der Waals surface area contributed by atoms with E-state index < -0.39 is 30.0 Å². The van der Waals surface area contributed by atoms with Crippen molar-refractivity contribution in [3.8, 4) is 17.2 Å². The number of hydrogen-bond donors (Lipinski definition) is 0. The summed E-state index contributed by atoms with van der Waals surface area (Å²) >= 11 is 0. The summed E-state index contributed by atoms with van der Waals surface area (Å²) in [4.78, 5) is 49.9. The zero-order valence-electron chi connectivity index (χ0n) is 30.5. The van der Waals surface area contributed by atoms with Crippen LogP contribution in [0.2, 0.25) is 0 Å². The Morgan fingerprint density at radius 2 is 0.843 bits per heavy atom. The lowest BCUT2D eigenvalue weighted by Gasteiger charge is -2.13. The third kappa shape index (κ3) is 15.8. The Morgan fingerprint density at radius 1 is 0.471 bits per heavy atom. The van der Waals surface area contributed by atoms with Gasteiger partial charge in [-0.1, -0.05) is 90.9 Å². The standard InChI is InChI=1S/C42H54O9/c1-4-6-8-10-11-12-13-14-15-17-30-47-36-24-18-34(19-25-36)41(45)50-38-28-22-35(23-29-38)42(46)51-37-26-20-33(21-27-37)40(44)49-32(3)39(43)48-31-16-9-7-5-2/h18-29,32H,4-17,30-31H2,1-3H3/t32-/m0/s1. The summed E-state index contributed by atoms with van der Waals surface area (Å²) in [6.45, 7) is 6.74. The molecule has 0 aliphatic heterocycles. The van der Waals surface area contributed by atoms with Crippen molar-refractivity contribution < 1.29 is 42.9 Å². The van der Waals surface area contributed by atoms with Gasteiger partial charge in [0.15, 0.2) is 6.10 Å². The Bertz CT molecular complexity index is 1460. The Labute approximate surface area is 303 Å². The fourth-order valence-electron chi connectivity index (χ4n) is 5.21. The van der Waals surface area contributed by atoms with Gasteiger partial charge in [-0.3, -0.25) is 0 Å². The Kier molecular flexibility index (Phi) is 18.9. The Balaban J connectivity index is 1.36. The molecule has 0 saturated carbocycles. The second-order valence-electron chi connectivity index (χ2n) is 12.7. The predicted octanol–water partition coefficient (Wildman–Crippen LogP) is 10.1. The number of ether oxygens (including phenoxy) is 5. The van der Waals surface area contributed by atoms with E-state index >= 15 is 0 Å². The summed E-state index contributed by atoms with van der Waals surface area (Å²) < 4.78 is 27.1. The summed E-state index contributed by atoms with van der Waals surface area (Å²) in [5.74, 6) is -1.26. The van der Waals surface area contributed by atoms with Crippen molar-refractivity contribution in [3.63, 3.8) is 0 Å². The maximum Gasteiger partial charge on any atom is 0.347 e. The van der Waals surface area contributed by atoms with E-state index in [0.29, 0.717) is 24.5 Å². The van der Waals surface area contributed by atoms with Gasteiger partial charge >= 0.3 is 23.9 Å². The van der Waals surface area contributed by atoms with Gasteiger partial charge in [-0.15, -0.1) is 0 Å². The monoisotopic (exact) mass is 702 g/mol. The highest BCUT2D eigenvalue weighted by Crippen LogP contribution is 2.20. The van der Waals surface area contributed by atoms with Crippen molar-refractivity contribution in [2.75, 3.05) is 13.2 Å². The topological polar surface area (TPSA) is 114 Å². The van der Waals surface area contributed by atoms with Crippen LogP contribution in [-0.2, 0) is 14.3 Å². The molecule has 0 unspecified atom stereocenters. The van der Waals surface area contributed by atoms with Gasteiger partial charge in [-0.2, -0.15) is 0 Å². The third-order valence-electron chi connectivity index (χ3n) is 8.32. The molecule has 3 rings (SSSR count). The van der Waals surface area contributed by atoms with Crippen LogP contribution in [0.1, 0.15) is 142 Å². The SMILES string of the molecule is CCCCCCCCCCCCOc1ccc(C(=O)Oc2ccc(C(=O)Oc3ccc(C(=O)O[C@@H](C)C(=O)OCCCCCC)cc3)cc2)cc1. The molecule has 0 fully saturated rings. The first kappa shape index (κ1) is 40.8. The lowest BCUT2D eigenvalue weighted by atomic mass is 10.1. The highest BCUT2D eigenvalue weighted by atomic mass is 16.6. The number of unbranched alkanes of at least 4 members (excludes halogenated alkanes) is 12. The van der Waals surface area contributed by atoms with E-state index in [1.165, 1.54) is 107 Å². The molecule has 0 aliphatic rings. The number of esters is 4. The Hall–Kier alpha value is -4.66. The average Bonchev–Trinajstić information content (AvgIpc) is 3.14. The number of carbonyl (C=O) groups is 4.